The van der Waals surface area contributed by atoms with Crippen LogP contribution in [0.5, 0.6) is 0 Å². The highest BCUT2D eigenvalue weighted by Gasteiger charge is 2.01. The Balaban J connectivity index is 3.27. The van der Waals surface area contributed by atoms with Crippen molar-refractivity contribution in [2.24, 2.45) is 0 Å². The number of hydrogen-bond donors (Lipinski definition) is 0. The third-order valence-corrected chi connectivity index (χ3v) is 2.73. The Morgan fingerprint density at radius 1 is 1.12 bits per heavy atom. The summed E-state index contributed by atoms with van der Waals surface area (Å²) >= 11 is 0. The highest BCUT2D eigenvalue weighted by atomic mass is 16.5. The van der Waals surface area contributed by atoms with Gasteiger partial charge in [0.2, 0.25) is 0 Å². The molecule has 2 heteroatoms. The van der Waals surface area contributed by atoms with Crippen molar-refractivity contribution in [3.63, 3.8) is 0 Å². The lowest BCUT2D eigenvalue weighted by molar-refractivity contribution is -0.145. The first-order valence-corrected chi connectivity index (χ1v) is 6.99. The molecule has 0 aromatic heterocycles. The molecule has 2 nitrogen and oxygen atoms in total. The Labute approximate surface area is 106 Å². The molecule has 0 aliphatic heterocycles. The third kappa shape index (κ3) is 13.1. The standard InChI is InChI=1S/C15H28O2/c1-4-5-6-7-8-9-10-11-12-13-14(2)17-15(3)16/h11-12,14H,4-10,13H2,1-3H3/b12-11-. The molecular weight excluding hydrogens is 212 g/mol. The minimum absolute atomic E-state index is 0.00769. The number of esters is 1. The van der Waals surface area contributed by atoms with E-state index in [1.165, 1.54) is 45.4 Å². The molecule has 17 heavy (non-hydrogen) atoms. The Kier molecular flexibility index (Phi) is 11.1. The van der Waals surface area contributed by atoms with Gasteiger partial charge in [-0.1, -0.05) is 51.2 Å². The zero-order chi connectivity index (χ0) is 12.9. The van der Waals surface area contributed by atoms with Crippen molar-refractivity contribution < 1.29 is 9.53 Å². The summed E-state index contributed by atoms with van der Waals surface area (Å²) in [5.74, 6) is -0.193. The van der Waals surface area contributed by atoms with Gasteiger partial charge < -0.3 is 4.74 Å². The van der Waals surface area contributed by atoms with Gasteiger partial charge in [0.05, 0.1) is 0 Å². The molecule has 0 aromatic rings. The van der Waals surface area contributed by atoms with Gasteiger partial charge in [-0.3, -0.25) is 4.79 Å². The van der Waals surface area contributed by atoms with Crippen molar-refractivity contribution in [2.45, 2.75) is 78.2 Å². The van der Waals surface area contributed by atoms with Crippen LogP contribution >= 0.6 is 0 Å². The van der Waals surface area contributed by atoms with E-state index in [1.807, 2.05) is 6.92 Å². The van der Waals surface area contributed by atoms with Gasteiger partial charge in [-0.2, -0.15) is 0 Å². The van der Waals surface area contributed by atoms with E-state index in [0.717, 1.165) is 12.8 Å². The number of hydrogen-bond acceptors (Lipinski definition) is 2. The van der Waals surface area contributed by atoms with Crippen molar-refractivity contribution in [2.75, 3.05) is 0 Å². The summed E-state index contributed by atoms with van der Waals surface area (Å²) in [6, 6.07) is 0. The molecule has 0 radical (unpaired) electrons. The normalized spacial score (nSPS) is 12.9. The molecule has 0 heterocycles. The van der Waals surface area contributed by atoms with Crippen LogP contribution in [-0.4, -0.2) is 12.1 Å². The van der Waals surface area contributed by atoms with Gasteiger partial charge >= 0.3 is 5.97 Å². The molecule has 1 unspecified atom stereocenters. The average Bonchev–Trinajstić information content (AvgIpc) is 2.26. The van der Waals surface area contributed by atoms with Gasteiger partial charge in [0.1, 0.15) is 6.10 Å². The fourth-order valence-corrected chi connectivity index (χ4v) is 1.78. The van der Waals surface area contributed by atoms with E-state index < -0.39 is 0 Å². The average molecular weight is 240 g/mol. The quantitative estimate of drug-likeness (QED) is 0.316. The predicted molar refractivity (Wildman–Crippen MR) is 73.0 cm³/mol. The van der Waals surface area contributed by atoms with Crippen molar-refractivity contribution in [1.82, 2.24) is 0 Å². The van der Waals surface area contributed by atoms with Crippen LogP contribution < -0.4 is 0 Å². The van der Waals surface area contributed by atoms with Crippen LogP contribution in [0.1, 0.15) is 72.1 Å². The number of carbonyl (C=O) groups excluding carboxylic acids is 1. The molecule has 0 spiro atoms. The van der Waals surface area contributed by atoms with Crippen molar-refractivity contribution >= 4 is 5.97 Å². The summed E-state index contributed by atoms with van der Waals surface area (Å²) in [7, 11) is 0. The van der Waals surface area contributed by atoms with Gasteiger partial charge in [0.25, 0.3) is 0 Å². The van der Waals surface area contributed by atoms with Crippen LogP contribution in [-0.2, 0) is 9.53 Å². The predicted octanol–water partition coefficient (Wildman–Crippen LogP) is 4.63. The van der Waals surface area contributed by atoms with Gasteiger partial charge in [-0.25, -0.2) is 0 Å². The number of ether oxygens (including phenoxy) is 1. The lowest BCUT2D eigenvalue weighted by atomic mass is 10.1. The van der Waals surface area contributed by atoms with Crippen LogP contribution in [0.15, 0.2) is 12.2 Å². The topological polar surface area (TPSA) is 26.3 Å². The zero-order valence-corrected chi connectivity index (χ0v) is 11.7. The Morgan fingerprint density at radius 3 is 2.41 bits per heavy atom. The minimum atomic E-state index is -0.193. The first-order valence-electron chi connectivity index (χ1n) is 6.99. The number of allylic oxidation sites excluding steroid dienone is 1. The maximum atomic E-state index is 10.7. The Morgan fingerprint density at radius 2 is 1.76 bits per heavy atom. The Bertz CT molecular complexity index is 209. The molecule has 0 saturated heterocycles. The smallest absolute Gasteiger partial charge is 0.302 e. The van der Waals surface area contributed by atoms with Gasteiger partial charge in [0, 0.05) is 13.3 Å². The molecule has 0 amide bonds. The summed E-state index contributed by atoms with van der Waals surface area (Å²) < 4.78 is 5.03. The van der Waals surface area contributed by atoms with Crippen molar-refractivity contribution in [3.8, 4) is 0 Å². The second kappa shape index (κ2) is 11.7. The maximum absolute atomic E-state index is 10.7. The second-order valence-corrected chi connectivity index (χ2v) is 4.68. The van der Waals surface area contributed by atoms with E-state index >= 15 is 0 Å². The molecule has 0 fully saturated rings. The van der Waals surface area contributed by atoms with Gasteiger partial charge in [-0.05, 0) is 19.8 Å². The number of carbonyl (C=O) groups is 1. The molecule has 0 N–H and O–H groups in total. The van der Waals surface area contributed by atoms with Gasteiger partial charge in [-0.15, -0.1) is 0 Å². The second-order valence-electron chi connectivity index (χ2n) is 4.68. The van der Waals surface area contributed by atoms with E-state index in [1.54, 1.807) is 0 Å². The molecule has 0 saturated carbocycles. The SMILES string of the molecule is CCCCCCCC/C=C\CC(C)OC(C)=O. The van der Waals surface area contributed by atoms with E-state index in [0.29, 0.717) is 0 Å². The van der Waals surface area contributed by atoms with Crippen LogP contribution in [0.4, 0.5) is 0 Å². The number of rotatable bonds is 10. The van der Waals surface area contributed by atoms with E-state index in [9.17, 15) is 4.79 Å². The fourth-order valence-electron chi connectivity index (χ4n) is 1.78. The lowest BCUT2D eigenvalue weighted by Crippen LogP contribution is -2.10. The number of unbranched alkanes of at least 4 members (excludes halogenated alkanes) is 6. The monoisotopic (exact) mass is 240 g/mol. The first-order chi connectivity index (χ1) is 8.16. The maximum Gasteiger partial charge on any atom is 0.302 e. The van der Waals surface area contributed by atoms with E-state index in [2.05, 4.69) is 19.1 Å². The molecule has 100 valence electrons. The highest BCUT2D eigenvalue weighted by Crippen LogP contribution is 2.08. The first kappa shape index (κ1) is 16.2. The van der Waals surface area contributed by atoms with Crippen LogP contribution in [0.2, 0.25) is 0 Å². The van der Waals surface area contributed by atoms with E-state index in [-0.39, 0.29) is 12.1 Å². The molecule has 0 bridgehead atoms. The Hall–Kier alpha value is -0.790. The van der Waals surface area contributed by atoms with Crippen molar-refractivity contribution in [1.29, 1.82) is 0 Å². The zero-order valence-electron chi connectivity index (χ0n) is 11.7. The highest BCUT2D eigenvalue weighted by molar-refractivity contribution is 5.66. The lowest BCUT2D eigenvalue weighted by Gasteiger charge is -2.08. The summed E-state index contributed by atoms with van der Waals surface area (Å²) in [4.78, 5) is 10.7. The third-order valence-electron chi connectivity index (χ3n) is 2.73. The minimum Gasteiger partial charge on any atom is -0.463 e. The molecule has 0 aliphatic rings. The van der Waals surface area contributed by atoms with Crippen molar-refractivity contribution in [3.05, 3.63) is 12.2 Å². The summed E-state index contributed by atoms with van der Waals surface area (Å²) in [5, 5.41) is 0. The van der Waals surface area contributed by atoms with Crippen LogP contribution in [0.25, 0.3) is 0 Å². The molecule has 0 aromatic carbocycles. The van der Waals surface area contributed by atoms with Gasteiger partial charge in [0.15, 0.2) is 0 Å². The fraction of sp³-hybridized carbons (Fsp3) is 0.800. The summed E-state index contributed by atoms with van der Waals surface area (Å²) in [6.45, 7) is 5.63. The molecule has 0 rings (SSSR count). The summed E-state index contributed by atoms with van der Waals surface area (Å²) in [6.07, 6.45) is 14.4. The van der Waals surface area contributed by atoms with Crippen LogP contribution in [0, 0.1) is 0 Å². The largest absolute Gasteiger partial charge is 0.463 e. The molecule has 1 atom stereocenters. The van der Waals surface area contributed by atoms with Crippen LogP contribution in [0.3, 0.4) is 0 Å². The molecular formula is C15H28O2. The van der Waals surface area contributed by atoms with E-state index in [4.69, 9.17) is 4.74 Å². The summed E-state index contributed by atoms with van der Waals surface area (Å²) in [5.41, 5.74) is 0. The molecule has 0 aliphatic carbocycles.